The van der Waals surface area contributed by atoms with Gasteiger partial charge in [-0.3, -0.25) is 4.98 Å². The van der Waals surface area contributed by atoms with Crippen molar-refractivity contribution in [3.8, 4) is 33.8 Å². The molecule has 6 rings (SSSR count). The van der Waals surface area contributed by atoms with Crippen LogP contribution in [0.5, 0.6) is 0 Å². The van der Waals surface area contributed by atoms with E-state index in [1.54, 1.807) is 0 Å². The van der Waals surface area contributed by atoms with Gasteiger partial charge in [-0.15, -0.1) is 10.2 Å². The lowest BCUT2D eigenvalue weighted by atomic mass is 9.92. The molecule has 1 saturated carbocycles. The third kappa shape index (κ3) is 2.98. The Bertz CT molecular complexity index is 1190. The van der Waals surface area contributed by atoms with Crippen molar-refractivity contribution in [2.75, 3.05) is 5.32 Å². The number of fused-ring (bicyclic) bond motifs is 3. The Morgan fingerprint density at radius 1 is 0.900 bits per heavy atom. The van der Waals surface area contributed by atoms with Gasteiger partial charge in [-0.05, 0) is 43.0 Å². The Labute approximate surface area is 175 Å². The molecule has 30 heavy (non-hydrogen) atoms. The van der Waals surface area contributed by atoms with E-state index in [2.05, 4.69) is 74.7 Å². The Balaban J connectivity index is 1.46. The fourth-order valence-electron chi connectivity index (χ4n) is 4.36. The number of nitrogens with one attached hydrogen (secondary N) is 1. The van der Waals surface area contributed by atoms with Gasteiger partial charge < -0.3 is 9.88 Å². The fourth-order valence-corrected chi connectivity index (χ4v) is 4.36. The fraction of sp³-hybridized carbons (Fsp3) is 0.240. The van der Waals surface area contributed by atoms with E-state index in [-0.39, 0.29) is 0 Å². The summed E-state index contributed by atoms with van der Waals surface area (Å²) in [6, 6.07) is 22.1. The summed E-state index contributed by atoms with van der Waals surface area (Å²) in [6.07, 6.45) is 6.59. The highest BCUT2D eigenvalue weighted by Gasteiger charge is 2.23. The molecule has 0 bridgehead atoms. The second-order valence-corrected chi connectivity index (χ2v) is 8.19. The van der Waals surface area contributed by atoms with Crippen molar-refractivity contribution in [3.05, 3.63) is 72.7 Å². The van der Waals surface area contributed by atoms with Crippen LogP contribution < -0.4 is 5.32 Å². The quantitative estimate of drug-likeness (QED) is 0.518. The summed E-state index contributed by atoms with van der Waals surface area (Å²) in [4.78, 5) is 5.15. The zero-order valence-electron chi connectivity index (χ0n) is 16.8. The summed E-state index contributed by atoms with van der Waals surface area (Å²) in [7, 11) is 0. The van der Waals surface area contributed by atoms with Crippen molar-refractivity contribution in [3.63, 3.8) is 0 Å². The molecule has 0 spiro atoms. The molecule has 148 valence electrons. The lowest BCUT2D eigenvalue weighted by Crippen LogP contribution is -2.26. The van der Waals surface area contributed by atoms with Gasteiger partial charge in [0.25, 0.3) is 0 Å². The van der Waals surface area contributed by atoms with Crippen molar-refractivity contribution in [2.24, 2.45) is 0 Å². The number of hydrogen-bond donors (Lipinski definition) is 1. The minimum absolute atomic E-state index is 0.634. The van der Waals surface area contributed by atoms with Crippen LogP contribution in [0.3, 0.4) is 0 Å². The highest BCUT2D eigenvalue weighted by molar-refractivity contribution is 5.85. The molecule has 2 aliphatic rings. The van der Waals surface area contributed by atoms with Gasteiger partial charge in [-0.1, -0.05) is 42.5 Å². The van der Waals surface area contributed by atoms with E-state index in [0.717, 1.165) is 52.4 Å². The summed E-state index contributed by atoms with van der Waals surface area (Å²) >= 11 is 0. The third-order valence-electron chi connectivity index (χ3n) is 6.27. The van der Waals surface area contributed by atoms with Gasteiger partial charge in [0.15, 0.2) is 5.82 Å². The van der Waals surface area contributed by atoms with Crippen LogP contribution in [0, 0.1) is 0 Å². The number of aryl methyl sites for hydroxylation is 2. The van der Waals surface area contributed by atoms with Crippen LogP contribution in [0.4, 0.5) is 5.69 Å². The van der Waals surface area contributed by atoms with Gasteiger partial charge in [-0.2, -0.15) is 0 Å². The molecule has 1 N–H and O–H groups in total. The first kappa shape index (κ1) is 17.4. The average molecular weight is 393 g/mol. The summed E-state index contributed by atoms with van der Waals surface area (Å²) in [5, 5.41) is 12.1. The number of anilines is 1. The first-order chi connectivity index (χ1) is 14.8. The van der Waals surface area contributed by atoms with Crippen LogP contribution in [-0.4, -0.2) is 25.8 Å². The smallest absolute Gasteiger partial charge is 0.165 e. The van der Waals surface area contributed by atoms with Crippen LogP contribution in [-0.2, 0) is 13.0 Å². The highest BCUT2D eigenvalue weighted by Crippen LogP contribution is 2.37. The molecule has 3 heterocycles. The topological polar surface area (TPSA) is 55.6 Å². The molecule has 0 unspecified atom stereocenters. The van der Waals surface area contributed by atoms with Crippen LogP contribution in [0.25, 0.3) is 33.8 Å². The molecule has 1 fully saturated rings. The van der Waals surface area contributed by atoms with Crippen molar-refractivity contribution in [2.45, 2.75) is 38.3 Å². The summed E-state index contributed by atoms with van der Waals surface area (Å²) in [5.74, 6) is 0.910. The molecule has 2 aromatic carbocycles. The van der Waals surface area contributed by atoms with E-state index in [1.807, 2.05) is 12.4 Å². The van der Waals surface area contributed by atoms with Crippen LogP contribution in [0.15, 0.2) is 67.0 Å². The summed E-state index contributed by atoms with van der Waals surface area (Å²) in [6.45, 7) is 0.872. The lowest BCUT2D eigenvalue weighted by Gasteiger charge is -2.27. The molecule has 0 amide bonds. The van der Waals surface area contributed by atoms with Gasteiger partial charge in [0.1, 0.15) is 6.33 Å². The minimum atomic E-state index is 0.634. The van der Waals surface area contributed by atoms with Crippen LogP contribution in [0.1, 0.15) is 25.0 Å². The molecule has 4 aromatic rings. The van der Waals surface area contributed by atoms with E-state index < -0.39 is 0 Å². The van der Waals surface area contributed by atoms with Gasteiger partial charge >= 0.3 is 0 Å². The molecule has 0 saturated heterocycles. The third-order valence-corrected chi connectivity index (χ3v) is 6.27. The second-order valence-electron chi connectivity index (χ2n) is 8.19. The van der Waals surface area contributed by atoms with E-state index in [0.29, 0.717) is 6.04 Å². The van der Waals surface area contributed by atoms with E-state index >= 15 is 0 Å². The Morgan fingerprint density at radius 3 is 2.50 bits per heavy atom. The zero-order chi connectivity index (χ0) is 19.9. The number of benzene rings is 2. The maximum absolute atomic E-state index is 5.15. The molecule has 5 heteroatoms. The van der Waals surface area contributed by atoms with E-state index in [4.69, 9.17) is 4.98 Å². The molecule has 0 atom stereocenters. The average Bonchev–Trinajstić information content (AvgIpc) is 3.26. The van der Waals surface area contributed by atoms with Crippen molar-refractivity contribution in [1.82, 2.24) is 19.7 Å². The van der Waals surface area contributed by atoms with E-state index in [9.17, 15) is 0 Å². The van der Waals surface area contributed by atoms with Crippen molar-refractivity contribution in [1.29, 1.82) is 0 Å². The molecule has 5 nitrogen and oxygen atoms in total. The predicted molar refractivity (Wildman–Crippen MR) is 119 cm³/mol. The summed E-state index contributed by atoms with van der Waals surface area (Å²) in [5.41, 5.74) is 7.84. The van der Waals surface area contributed by atoms with Gasteiger partial charge in [0.05, 0.1) is 11.4 Å². The summed E-state index contributed by atoms with van der Waals surface area (Å²) < 4.78 is 2.11. The highest BCUT2D eigenvalue weighted by atomic mass is 15.3. The molecular weight excluding hydrogens is 370 g/mol. The monoisotopic (exact) mass is 393 g/mol. The predicted octanol–water partition coefficient (Wildman–Crippen LogP) is 5.19. The van der Waals surface area contributed by atoms with Crippen LogP contribution >= 0.6 is 0 Å². The van der Waals surface area contributed by atoms with Gasteiger partial charge in [-0.25, -0.2) is 0 Å². The maximum atomic E-state index is 5.15. The lowest BCUT2D eigenvalue weighted by molar-refractivity contribution is 0.445. The number of rotatable bonds is 4. The standard InChI is InChI=1S/C25H23N5/c1-2-5-17(6-3-1)21-15-22-23(13-14-30-16-26-29-25(22)30)28-24(21)18-9-11-20(12-10-18)27-19-7-4-8-19/h1-3,5-6,9-12,15-16,19,27H,4,7-8,13-14H2. The van der Waals surface area contributed by atoms with Gasteiger partial charge in [0, 0.05) is 41.4 Å². The first-order valence-corrected chi connectivity index (χ1v) is 10.7. The van der Waals surface area contributed by atoms with Gasteiger partial charge in [0.2, 0.25) is 0 Å². The number of nitrogens with zero attached hydrogens (tertiary/aromatic N) is 4. The molecule has 2 aromatic heterocycles. The van der Waals surface area contributed by atoms with Crippen LogP contribution in [0.2, 0.25) is 0 Å². The van der Waals surface area contributed by atoms with E-state index in [1.165, 1.54) is 24.9 Å². The Morgan fingerprint density at radius 2 is 1.73 bits per heavy atom. The minimum Gasteiger partial charge on any atom is -0.382 e. The SMILES string of the molecule is c1ccc(-c2cc3c(nc2-c2ccc(NC4CCC4)cc2)CCn2cnnc2-3)cc1. The molecule has 1 aliphatic heterocycles. The number of hydrogen-bond acceptors (Lipinski definition) is 4. The molecule has 1 aliphatic carbocycles. The largest absolute Gasteiger partial charge is 0.382 e. The number of aromatic nitrogens is 4. The maximum Gasteiger partial charge on any atom is 0.165 e. The van der Waals surface area contributed by atoms with Crippen molar-refractivity contribution < 1.29 is 0 Å². The zero-order valence-corrected chi connectivity index (χ0v) is 16.8. The Kier molecular flexibility index (Phi) is 4.11. The normalized spacial score (nSPS) is 15.2. The molecule has 0 radical (unpaired) electrons. The van der Waals surface area contributed by atoms with Crippen molar-refractivity contribution >= 4 is 5.69 Å². The number of pyridine rings is 1. The second kappa shape index (κ2) is 7.10. The molecular formula is C25H23N5. The first-order valence-electron chi connectivity index (χ1n) is 10.7. The Hall–Kier alpha value is -3.47.